The van der Waals surface area contributed by atoms with Crippen LogP contribution in [0, 0.1) is 0 Å². The summed E-state index contributed by atoms with van der Waals surface area (Å²) in [5.41, 5.74) is 2.82. The van der Waals surface area contributed by atoms with Crippen molar-refractivity contribution in [3.05, 3.63) is 100 Å². The molecule has 1 heterocycles. The van der Waals surface area contributed by atoms with E-state index in [0.717, 1.165) is 11.1 Å². The van der Waals surface area contributed by atoms with Gasteiger partial charge < -0.3 is 24.3 Å². The maximum atomic E-state index is 14.0. The first-order valence-electron chi connectivity index (χ1n) is 12.3. The minimum atomic E-state index is -0.678. The predicted molar refractivity (Wildman–Crippen MR) is 145 cm³/mol. The lowest BCUT2D eigenvalue weighted by Crippen LogP contribution is -2.44. The smallest absolute Gasteiger partial charge is 0.323 e. The van der Waals surface area contributed by atoms with Gasteiger partial charge in [-0.3, -0.25) is 4.79 Å². The summed E-state index contributed by atoms with van der Waals surface area (Å²) in [5.74, 6) is 0.564. The normalized spacial score (nSPS) is 12.6. The Balaban J connectivity index is 1.83. The van der Waals surface area contributed by atoms with Crippen LogP contribution in [0.5, 0.6) is 5.75 Å². The van der Waals surface area contributed by atoms with Crippen LogP contribution >= 0.6 is 0 Å². The monoisotopic (exact) mass is 500 g/mol. The molecule has 8 heteroatoms. The van der Waals surface area contributed by atoms with Gasteiger partial charge in [-0.2, -0.15) is 0 Å². The minimum Gasteiger partial charge on any atom is -0.492 e. The van der Waals surface area contributed by atoms with Crippen molar-refractivity contribution in [2.45, 2.75) is 25.9 Å². The van der Waals surface area contributed by atoms with Gasteiger partial charge in [0.1, 0.15) is 11.4 Å². The Morgan fingerprint density at radius 1 is 1.03 bits per heavy atom. The first-order chi connectivity index (χ1) is 18.0. The number of rotatable bonds is 9. The lowest BCUT2D eigenvalue weighted by molar-refractivity contribution is 0.0885. The average Bonchev–Trinajstić information content (AvgIpc) is 2.92. The molecule has 0 aliphatic heterocycles. The quantitative estimate of drug-likeness (QED) is 0.336. The third-order valence-electron chi connectivity index (χ3n) is 6.33. The summed E-state index contributed by atoms with van der Waals surface area (Å²) in [6, 6.07) is 22.8. The molecule has 192 valence electrons. The summed E-state index contributed by atoms with van der Waals surface area (Å²) < 4.78 is 12.8. The molecule has 1 aromatic heterocycles. The van der Waals surface area contributed by atoms with E-state index in [0.29, 0.717) is 23.6 Å². The number of nitrogens with zero attached hydrogens (tertiary/aromatic N) is 3. The van der Waals surface area contributed by atoms with Gasteiger partial charge in [0.25, 0.3) is 5.56 Å². The van der Waals surface area contributed by atoms with E-state index in [2.05, 4.69) is 5.32 Å². The second kappa shape index (κ2) is 11.7. The molecule has 0 aliphatic carbocycles. The molecule has 3 aromatic carbocycles. The molecule has 4 aromatic rings. The summed E-state index contributed by atoms with van der Waals surface area (Å²) in [4.78, 5) is 33.8. The highest BCUT2D eigenvalue weighted by molar-refractivity contribution is 5.91. The number of urea groups is 1. The van der Waals surface area contributed by atoms with Crippen LogP contribution in [-0.4, -0.2) is 40.8 Å². The lowest BCUT2D eigenvalue weighted by Gasteiger charge is -2.36. The first-order valence-corrected chi connectivity index (χ1v) is 12.3. The van der Waals surface area contributed by atoms with Gasteiger partial charge in [0.05, 0.1) is 42.0 Å². The van der Waals surface area contributed by atoms with E-state index in [4.69, 9.17) is 14.5 Å². The number of nitrogens with one attached hydrogen (secondary N) is 1. The number of fused-ring (bicyclic) bond motifs is 1. The summed E-state index contributed by atoms with van der Waals surface area (Å²) in [6.07, 6.45) is 0. The Morgan fingerprint density at radius 2 is 1.70 bits per heavy atom. The topological polar surface area (TPSA) is 85.7 Å². The van der Waals surface area contributed by atoms with Crippen molar-refractivity contribution in [2.75, 3.05) is 25.6 Å². The zero-order chi connectivity index (χ0) is 26.4. The zero-order valence-corrected chi connectivity index (χ0v) is 21.5. The van der Waals surface area contributed by atoms with E-state index in [1.165, 1.54) is 0 Å². The average molecular weight is 501 g/mol. The van der Waals surface area contributed by atoms with Crippen molar-refractivity contribution in [3.63, 3.8) is 0 Å². The van der Waals surface area contributed by atoms with Crippen molar-refractivity contribution in [2.24, 2.45) is 7.05 Å². The molecule has 0 saturated heterocycles. The number of benzene rings is 3. The van der Waals surface area contributed by atoms with Crippen LogP contribution in [0.4, 0.5) is 10.5 Å². The molecule has 0 bridgehead atoms. The molecule has 2 atom stereocenters. The Bertz CT molecular complexity index is 1420. The molecule has 0 fully saturated rings. The maximum Gasteiger partial charge on any atom is 0.323 e. The minimum absolute atomic E-state index is 0.225. The summed E-state index contributed by atoms with van der Waals surface area (Å²) >= 11 is 0. The van der Waals surface area contributed by atoms with Crippen LogP contribution in [0.2, 0.25) is 0 Å². The van der Waals surface area contributed by atoms with E-state index in [-0.39, 0.29) is 17.9 Å². The van der Waals surface area contributed by atoms with Gasteiger partial charge in [0.15, 0.2) is 0 Å². The third-order valence-corrected chi connectivity index (χ3v) is 6.33. The predicted octanol–water partition coefficient (Wildman–Crippen LogP) is 5.32. The van der Waals surface area contributed by atoms with Gasteiger partial charge in [-0.05, 0) is 43.7 Å². The second-order valence-electron chi connectivity index (χ2n) is 8.67. The SMILES string of the molecule is CCOc1ccccc1NC(=O)N([C@@H](C)c1nc2ccccc2n(C)c1=O)[C@@H](COC)c1ccccc1. The van der Waals surface area contributed by atoms with Crippen molar-refractivity contribution >= 4 is 22.8 Å². The van der Waals surface area contributed by atoms with Gasteiger partial charge in [0.2, 0.25) is 0 Å². The molecule has 8 nitrogen and oxygen atoms in total. The van der Waals surface area contributed by atoms with E-state index in [9.17, 15) is 9.59 Å². The Labute approximate surface area is 216 Å². The van der Waals surface area contributed by atoms with Crippen molar-refractivity contribution < 1.29 is 14.3 Å². The van der Waals surface area contributed by atoms with Crippen LogP contribution < -0.4 is 15.6 Å². The van der Waals surface area contributed by atoms with Crippen molar-refractivity contribution in [1.29, 1.82) is 0 Å². The van der Waals surface area contributed by atoms with E-state index in [1.807, 2.05) is 80.6 Å². The fourth-order valence-corrected chi connectivity index (χ4v) is 4.49. The summed E-state index contributed by atoms with van der Waals surface area (Å²) in [7, 11) is 3.31. The molecule has 0 spiro atoms. The molecule has 0 radical (unpaired) electrons. The molecular formula is C29H32N4O4. The fourth-order valence-electron chi connectivity index (χ4n) is 4.49. The Morgan fingerprint density at radius 3 is 2.43 bits per heavy atom. The Hall–Kier alpha value is -4.17. The largest absolute Gasteiger partial charge is 0.492 e. The first kappa shape index (κ1) is 25.9. The highest BCUT2D eigenvalue weighted by Crippen LogP contribution is 2.32. The van der Waals surface area contributed by atoms with E-state index >= 15 is 0 Å². The van der Waals surface area contributed by atoms with Gasteiger partial charge in [0, 0.05) is 14.2 Å². The number of ether oxygens (including phenoxy) is 2. The standard InChI is InChI=1S/C29H32N4O4/c1-5-37-26-18-12-10-16-23(26)31-29(35)33(25(19-36-4)21-13-7-6-8-14-21)20(2)27-28(34)32(3)24-17-11-9-15-22(24)30-27/h6-18,20,25H,5,19H2,1-4H3,(H,31,35)/t20-,25-/m0/s1. The highest BCUT2D eigenvalue weighted by atomic mass is 16.5. The number of hydrogen-bond acceptors (Lipinski definition) is 5. The number of para-hydroxylation sites is 4. The molecule has 37 heavy (non-hydrogen) atoms. The van der Waals surface area contributed by atoms with Gasteiger partial charge in [-0.25, -0.2) is 9.78 Å². The third kappa shape index (κ3) is 5.49. The van der Waals surface area contributed by atoms with E-state index < -0.39 is 18.1 Å². The number of methoxy groups -OCH3 is 1. The fraction of sp³-hybridized carbons (Fsp3) is 0.276. The number of amides is 2. The van der Waals surface area contributed by atoms with Gasteiger partial charge >= 0.3 is 6.03 Å². The molecule has 0 saturated carbocycles. The number of carbonyl (C=O) groups excluding carboxylic acids is 1. The highest BCUT2D eigenvalue weighted by Gasteiger charge is 2.33. The van der Waals surface area contributed by atoms with Crippen LogP contribution in [0.25, 0.3) is 11.0 Å². The number of carbonyl (C=O) groups is 1. The van der Waals surface area contributed by atoms with Crippen LogP contribution in [0.3, 0.4) is 0 Å². The Kier molecular flexibility index (Phi) is 8.20. The van der Waals surface area contributed by atoms with E-state index in [1.54, 1.807) is 35.8 Å². The van der Waals surface area contributed by atoms with Gasteiger partial charge in [-0.15, -0.1) is 0 Å². The number of anilines is 1. The maximum absolute atomic E-state index is 14.0. The molecule has 2 amide bonds. The summed E-state index contributed by atoms with van der Waals surface area (Å²) in [5, 5.41) is 3.00. The van der Waals surface area contributed by atoms with Crippen molar-refractivity contribution in [1.82, 2.24) is 14.5 Å². The number of hydrogen-bond donors (Lipinski definition) is 1. The second-order valence-corrected chi connectivity index (χ2v) is 8.67. The van der Waals surface area contributed by atoms with Crippen LogP contribution in [0.1, 0.15) is 37.2 Å². The van der Waals surface area contributed by atoms with Crippen molar-refractivity contribution in [3.8, 4) is 5.75 Å². The molecule has 0 aliphatic rings. The number of aromatic nitrogens is 2. The van der Waals surface area contributed by atoms with Crippen LogP contribution in [0.15, 0.2) is 83.7 Å². The number of aryl methyl sites for hydroxylation is 1. The molecule has 0 unspecified atom stereocenters. The summed E-state index contributed by atoms with van der Waals surface area (Å²) in [6.45, 7) is 4.39. The molecule has 4 rings (SSSR count). The lowest BCUT2D eigenvalue weighted by atomic mass is 10.0. The zero-order valence-electron chi connectivity index (χ0n) is 21.5. The van der Waals surface area contributed by atoms with Crippen LogP contribution in [-0.2, 0) is 11.8 Å². The molecule has 1 N–H and O–H groups in total. The van der Waals surface area contributed by atoms with Gasteiger partial charge in [-0.1, -0.05) is 54.6 Å². The molecular weight excluding hydrogens is 468 g/mol.